The Hall–Kier alpha value is -1.81. The Kier molecular flexibility index (Phi) is 4.85. The minimum atomic E-state index is -5.01. The Labute approximate surface area is 131 Å². The summed E-state index contributed by atoms with van der Waals surface area (Å²) >= 11 is 0. The number of para-hydroxylation sites is 1. The summed E-state index contributed by atoms with van der Waals surface area (Å²) in [5.74, 6) is -2.10. The van der Waals surface area contributed by atoms with Gasteiger partial charge in [-0.3, -0.25) is 4.79 Å². The molecule has 128 valence electrons. The zero-order valence-corrected chi connectivity index (χ0v) is 12.7. The molecular formula is C13H15F3N2O4S. The fourth-order valence-electron chi connectivity index (χ4n) is 2.40. The van der Waals surface area contributed by atoms with Crippen molar-refractivity contribution in [3.63, 3.8) is 0 Å². The number of rotatable bonds is 4. The molecule has 10 heteroatoms. The third-order valence-electron chi connectivity index (χ3n) is 3.48. The largest absolute Gasteiger partial charge is 0.573 e. The lowest BCUT2D eigenvalue weighted by Gasteiger charge is -2.30. The quantitative estimate of drug-likeness (QED) is 0.889. The van der Waals surface area contributed by atoms with Crippen LogP contribution in [0.1, 0.15) is 12.8 Å². The summed E-state index contributed by atoms with van der Waals surface area (Å²) in [6.45, 7) is -0.0511. The van der Waals surface area contributed by atoms with Crippen molar-refractivity contribution in [2.75, 3.05) is 13.1 Å². The highest BCUT2D eigenvalue weighted by molar-refractivity contribution is 7.89. The van der Waals surface area contributed by atoms with Crippen LogP contribution in [0.4, 0.5) is 13.2 Å². The standard InChI is InChI=1S/C13H15F3N2O4S/c14-13(15,16)22-10-5-1-2-6-11(10)23(20,21)18-7-3-4-9(8-18)12(17)19/h1-2,5-6,9H,3-4,7-8H2,(H2,17,19)/t9-/m1/s1. The van der Waals surface area contributed by atoms with Crippen molar-refractivity contribution in [3.05, 3.63) is 24.3 Å². The number of sulfonamides is 1. The van der Waals surface area contributed by atoms with E-state index in [9.17, 15) is 26.4 Å². The number of hydrogen-bond donors (Lipinski definition) is 1. The number of amides is 1. The smallest absolute Gasteiger partial charge is 0.404 e. The summed E-state index contributed by atoms with van der Waals surface area (Å²) in [5, 5.41) is 0. The van der Waals surface area contributed by atoms with Crippen LogP contribution in [-0.2, 0) is 14.8 Å². The average Bonchev–Trinajstić information content (AvgIpc) is 2.46. The minimum Gasteiger partial charge on any atom is -0.404 e. The van der Waals surface area contributed by atoms with Crippen LogP contribution in [0, 0.1) is 5.92 Å². The SMILES string of the molecule is NC(=O)[C@@H]1CCCN(S(=O)(=O)c2ccccc2OC(F)(F)F)C1. The van der Waals surface area contributed by atoms with Crippen molar-refractivity contribution in [2.45, 2.75) is 24.1 Å². The van der Waals surface area contributed by atoms with Gasteiger partial charge >= 0.3 is 6.36 Å². The molecule has 0 radical (unpaired) electrons. The van der Waals surface area contributed by atoms with Gasteiger partial charge in [-0.1, -0.05) is 12.1 Å². The molecule has 1 aromatic carbocycles. The van der Waals surface area contributed by atoms with Gasteiger partial charge in [-0.15, -0.1) is 13.2 Å². The second kappa shape index (κ2) is 6.36. The predicted octanol–water partition coefficient (Wildman–Crippen LogP) is 1.47. The molecule has 1 fully saturated rings. The highest BCUT2D eigenvalue weighted by atomic mass is 32.2. The van der Waals surface area contributed by atoms with Gasteiger partial charge in [-0.05, 0) is 25.0 Å². The molecule has 2 N–H and O–H groups in total. The predicted molar refractivity (Wildman–Crippen MR) is 73.8 cm³/mol. The van der Waals surface area contributed by atoms with Crippen LogP contribution < -0.4 is 10.5 Å². The molecule has 0 bridgehead atoms. The van der Waals surface area contributed by atoms with Crippen LogP contribution in [0.5, 0.6) is 5.75 Å². The van der Waals surface area contributed by atoms with E-state index in [1.165, 1.54) is 12.1 Å². The number of nitrogens with zero attached hydrogens (tertiary/aromatic N) is 1. The molecule has 0 unspecified atom stereocenters. The summed E-state index contributed by atoms with van der Waals surface area (Å²) in [5.41, 5.74) is 5.19. The Balaban J connectivity index is 2.35. The lowest BCUT2D eigenvalue weighted by atomic mass is 9.99. The molecule has 23 heavy (non-hydrogen) atoms. The first-order valence-electron chi connectivity index (χ1n) is 6.75. The molecule has 1 amide bonds. The van der Waals surface area contributed by atoms with Crippen LogP contribution in [0.15, 0.2) is 29.2 Å². The highest BCUT2D eigenvalue weighted by Gasteiger charge is 2.37. The number of primary amides is 1. The van der Waals surface area contributed by atoms with Crippen molar-refractivity contribution in [1.29, 1.82) is 0 Å². The molecule has 2 rings (SSSR count). The highest BCUT2D eigenvalue weighted by Crippen LogP contribution is 2.32. The molecule has 1 saturated heterocycles. The Bertz CT molecular complexity index is 691. The summed E-state index contributed by atoms with van der Waals surface area (Å²) < 4.78 is 67.2. The van der Waals surface area contributed by atoms with E-state index in [0.29, 0.717) is 12.8 Å². The van der Waals surface area contributed by atoms with Crippen LogP contribution in [0.2, 0.25) is 0 Å². The third-order valence-corrected chi connectivity index (χ3v) is 5.38. The van der Waals surface area contributed by atoms with Crippen molar-refractivity contribution in [2.24, 2.45) is 11.7 Å². The Morgan fingerprint density at radius 2 is 1.96 bits per heavy atom. The number of alkyl halides is 3. The maximum atomic E-state index is 12.6. The van der Waals surface area contributed by atoms with Gasteiger partial charge in [0, 0.05) is 13.1 Å². The number of nitrogens with two attached hydrogens (primary N) is 1. The van der Waals surface area contributed by atoms with Gasteiger partial charge in [0.15, 0.2) is 0 Å². The molecule has 1 aliphatic rings. The molecule has 6 nitrogen and oxygen atoms in total. The zero-order valence-electron chi connectivity index (χ0n) is 11.9. The summed E-state index contributed by atoms with van der Waals surface area (Å²) in [6, 6.07) is 4.49. The number of benzene rings is 1. The van der Waals surface area contributed by atoms with Crippen LogP contribution in [0.3, 0.4) is 0 Å². The fourth-order valence-corrected chi connectivity index (χ4v) is 4.04. The lowest BCUT2D eigenvalue weighted by molar-refractivity contribution is -0.275. The molecule has 0 aliphatic carbocycles. The number of halogens is 3. The number of ether oxygens (including phenoxy) is 1. The van der Waals surface area contributed by atoms with E-state index in [4.69, 9.17) is 5.73 Å². The minimum absolute atomic E-state index is 0.104. The summed E-state index contributed by atoms with van der Waals surface area (Å²) in [7, 11) is -4.23. The van der Waals surface area contributed by atoms with Gasteiger partial charge in [-0.25, -0.2) is 8.42 Å². The monoisotopic (exact) mass is 352 g/mol. The van der Waals surface area contributed by atoms with E-state index in [-0.39, 0.29) is 13.1 Å². The van der Waals surface area contributed by atoms with E-state index < -0.39 is 38.9 Å². The molecule has 1 aromatic rings. The van der Waals surface area contributed by atoms with Crippen molar-refractivity contribution < 1.29 is 31.1 Å². The second-order valence-corrected chi connectivity index (χ2v) is 7.01. The van der Waals surface area contributed by atoms with Crippen molar-refractivity contribution in [3.8, 4) is 5.75 Å². The number of hydrogen-bond acceptors (Lipinski definition) is 4. The molecule has 0 aromatic heterocycles. The van der Waals surface area contributed by atoms with Gasteiger partial charge in [-0.2, -0.15) is 4.31 Å². The normalized spacial score (nSPS) is 20.2. The molecular weight excluding hydrogens is 337 g/mol. The van der Waals surface area contributed by atoms with Crippen molar-refractivity contribution >= 4 is 15.9 Å². The van der Waals surface area contributed by atoms with Crippen LogP contribution in [-0.4, -0.2) is 38.1 Å². The van der Waals surface area contributed by atoms with Gasteiger partial charge in [0.25, 0.3) is 0 Å². The molecule has 0 saturated carbocycles. The molecule has 1 heterocycles. The van der Waals surface area contributed by atoms with Gasteiger partial charge in [0.05, 0.1) is 5.92 Å². The lowest BCUT2D eigenvalue weighted by Crippen LogP contribution is -2.44. The Morgan fingerprint density at radius 3 is 2.57 bits per heavy atom. The van der Waals surface area contributed by atoms with E-state index in [2.05, 4.69) is 4.74 Å². The number of carbonyl (C=O) groups excluding carboxylic acids is 1. The maximum absolute atomic E-state index is 12.6. The zero-order chi connectivity index (χ0) is 17.3. The van der Waals surface area contributed by atoms with Crippen LogP contribution >= 0.6 is 0 Å². The fraction of sp³-hybridized carbons (Fsp3) is 0.462. The van der Waals surface area contributed by atoms with E-state index >= 15 is 0 Å². The summed E-state index contributed by atoms with van der Waals surface area (Å²) in [6.07, 6.45) is -4.17. The number of carbonyl (C=O) groups is 1. The third kappa shape index (κ3) is 4.14. The van der Waals surface area contributed by atoms with E-state index in [1.807, 2.05) is 0 Å². The van der Waals surface area contributed by atoms with Crippen LogP contribution in [0.25, 0.3) is 0 Å². The second-order valence-electron chi connectivity index (χ2n) is 5.10. The van der Waals surface area contributed by atoms with Gasteiger partial charge in [0.2, 0.25) is 15.9 Å². The molecule has 1 atom stereocenters. The van der Waals surface area contributed by atoms with E-state index in [0.717, 1.165) is 16.4 Å². The topological polar surface area (TPSA) is 89.7 Å². The number of piperidine rings is 1. The summed E-state index contributed by atoms with van der Waals surface area (Å²) in [4.78, 5) is 10.7. The van der Waals surface area contributed by atoms with Crippen molar-refractivity contribution in [1.82, 2.24) is 4.31 Å². The first-order chi connectivity index (χ1) is 10.6. The van der Waals surface area contributed by atoms with Gasteiger partial charge in [0.1, 0.15) is 10.6 Å². The first-order valence-corrected chi connectivity index (χ1v) is 8.19. The Morgan fingerprint density at radius 1 is 1.30 bits per heavy atom. The average molecular weight is 352 g/mol. The van der Waals surface area contributed by atoms with Gasteiger partial charge < -0.3 is 10.5 Å². The maximum Gasteiger partial charge on any atom is 0.573 e. The van der Waals surface area contributed by atoms with E-state index in [1.54, 1.807) is 0 Å². The first kappa shape index (κ1) is 17.5. The molecule has 1 aliphatic heterocycles. The molecule has 0 spiro atoms.